The van der Waals surface area contributed by atoms with E-state index in [1.54, 1.807) is 24.5 Å². The molecule has 0 radical (unpaired) electrons. The Hall–Kier alpha value is -1.62. The van der Waals surface area contributed by atoms with E-state index in [0.717, 1.165) is 11.1 Å². The fourth-order valence-corrected chi connectivity index (χ4v) is 2.78. The van der Waals surface area contributed by atoms with Gasteiger partial charge in [-0.25, -0.2) is 0 Å². The number of hydrogen-bond donors (Lipinski definition) is 1. The van der Waals surface area contributed by atoms with Crippen LogP contribution in [0.15, 0.2) is 47.2 Å². The molecule has 2 aromatic rings. The van der Waals surface area contributed by atoms with Crippen LogP contribution in [-0.2, 0) is 15.1 Å². The van der Waals surface area contributed by atoms with Gasteiger partial charge in [0.05, 0.1) is 6.54 Å². The maximum absolute atomic E-state index is 11.9. The number of halogens is 1. The summed E-state index contributed by atoms with van der Waals surface area (Å²) in [5, 5.41) is 7.46. The molecule has 0 aliphatic heterocycles. The summed E-state index contributed by atoms with van der Waals surface area (Å²) in [5.41, 5.74) is 1.31. The van der Waals surface area contributed by atoms with Crippen molar-refractivity contribution in [2.75, 3.05) is 13.7 Å². The maximum atomic E-state index is 11.9. The summed E-state index contributed by atoms with van der Waals surface area (Å²) in [5.74, 6) is -0.156. The van der Waals surface area contributed by atoms with Gasteiger partial charge in [-0.2, -0.15) is 11.3 Å². The minimum absolute atomic E-state index is 0.156. The zero-order chi connectivity index (χ0) is 16.0. The molecule has 0 aliphatic rings. The van der Waals surface area contributed by atoms with E-state index in [9.17, 15) is 4.79 Å². The second-order valence-electron chi connectivity index (χ2n) is 5.05. The molecule has 1 atom stereocenters. The van der Waals surface area contributed by atoms with Crippen molar-refractivity contribution in [1.82, 2.24) is 5.32 Å². The van der Waals surface area contributed by atoms with Crippen molar-refractivity contribution in [2.45, 2.75) is 12.5 Å². The molecule has 0 spiro atoms. The number of thiophene rings is 1. The smallest absolute Gasteiger partial charge is 0.244 e. The van der Waals surface area contributed by atoms with Crippen molar-refractivity contribution in [3.05, 3.63) is 63.3 Å². The van der Waals surface area contributed by atoms with Gasteiger partial charge in [0, 0.05) is 18.2 Å². The highest BCUT2D eigenvalue weighted by molar-refractivity contribution is 7.08. The number of hydrogen-bond acceptors (Lipinski definition) is 3. The molecule has 0 saturated carbocycles. The third kappa shape index (κ3) is 4.44. The SMILES string of the molecule is COC(C)(CNC(=O)/C=C/c1ccsc1)c1cccc(Cl)c1. The van der Waals surface area contributed by atoms with E-state index in [1.165, 1.54) is 6.08 Å². The van der Waals surface area contributed by atoms with Gasteiger partial charge in [-0.3, -0.25) is 4.79 Å². The third-order valence-corrected chi connectivity index (χ3v) is 4.39. The van der Waals surface area contributed by atoms with Gasteiger partial charge in [-0.15, -0.1) is 0 Å². The molecule has 1 heterocycles. The quantitative estimate of drug-likeness (QED) is 0.807. The summed E-state index contributed by atoms with van der Waals surface area (Å²) >= 11 is 7.62. The van der Waals surface area contributed by atoms with E-state index in [2.05, 4.69) is 5.32 Å². The Labute approximate surface area is 139 Å². The van der Waals surface area contributed by atoms with E-state index in [4.69, 9.17) is 16.3 Å². The lowest BCUT2D eigenvalue weighted by molar-refractivity contribution is -0.118. The highest BCUT2D eigenvalue weighted by Crippen LogP contribution is 2.26. The Kier molecular flexibility index (Phi) is 5.77. The zero-order valence-electron chi connectivity index (χ0n) is 12.5. The van der Waals surface area contributed by atoms with Crippen LogP contribution in [-0.4, -0.2) is 19.6 Å². The van der Waals surface area contributed by atoms with E-state index in [0.29, 0.717) is 11.6 Å². The Bertz CT molecular complexity index is 654. The molecular weight excluding hydrogens is 318 g/mol. The fourth-order valence-electron chi connectivity index (χ4n) is 1.97. The van der Waals surface area contributed by atoms with Gasteiger partial charge in [-0.1, -0.05) is 23.7 Å². The summed E-state index contributed by atoms with van der Waals surface area (Å²) < 4.78 is 5.58. The van der Waals surface area contributed by atoms with Crippen LogP contribution in [0.2, 0.25) is 5.02 Å². The van der Waals surface area contributed by atoms with Gasteiger partial charge in [-0.05, 0) is 53.1 Å². The first kappa shape index (κ1) is 16.7. The average Bonchev–Trinajstić information content (AvgIpc) is 3.04. The molecule has 0 fully saturated rings. The van der Waals surface area contributed by atoms with Crippen molar-refractivity contribution < 1.29 is 9.53 Å². The third-order valence-electron chi connectivity index (χ3n) is 3.46. The number of carbonyl (C=O) groups excluding carboxylic acids is 1. The predicted octanol–water partition coefficient (Wildman–Crippen LogP) is 4.09. The largest absolute Gasteiger partial charge is 0.372 e. The van der Waals surface area contributed by atoms with Crippen LogP contribution in [0.25, 0.3) is 6.08 Å². The average molecular weight is 336 g/mol. The number of benzene rings is 1. The molecule has 0 aliphatic carbocycles. The van der Waals surface area contributed by atoms with E-state index in [-0.39, 0.29) is 5.91 Å². The maximum Gasteiger partial charge on any atom is 0.244 e. The Balaban J connectivity index is 1.99. The van der Waals surface area contributed by atoms with Crippen LogP contribution < -0.4 is 5.32 Å². The number of amides is 1. The van der Waals surface area contributed by atoms with Crippen LogP contribution in [0, 0.1) is 0 Å². The van der Waals surface area contributed by atoms with E-state index >= 15 is 0 Å². The highest BCUT2D eigenvalue weighted by atomic mass is 35.5. The molecule has 0 saturated heterocycles. The number of nitrogens with one attached hydrogen (secondary N) is 1. The molecule has 22 heavy (non-hydrogen) atoms. The van der Waals surface area contributed by atoms with E-state index in [1.807, 2.05) is 48.0 Å². The molecule has 1 N–H and O–H groups in total. The molecule has 0 bridgehead atoms. The van der Waals surface area contributed by atoms with Gasteiger partial charge in [0.15, 0.2) is 0 Å². The standard InChI is InChI=1S/C17H18ClNO2S/c1-17(21-2,14-4-3-5-15(18)10-14)12-19-16(20)7-6-13-8-9-22-11-13/h3-11H,12H2,1-2H3,(H,19,20)/b7-6+. The summed E-state index contributed by atoms with van der Waals surface area (Å²) in [6.45, 7) is 2.28. The van der Waals surface area contributed by atoms with Crippen molar-refractivity contribution in [3.63, 3.8) is 0 Å². The number of rotatable bonds is 6. The Morgan fingerprint density at radius 3 is 2.91 bits per heavy atom. The van der Waals surface area contributed by atoms with Crippen molar-refractivity contribution in [1.29, 1.82) is 0 Å². The van der Waals surface area contributed by atoms with Crippen molar-refractivity contribution >= 4 is 34.9 Å². The Morgan fingerprint density at radius 1 is 1.45 bits per heavy atom. The number of ether oxygens (including phenoxy) is 1. The minimum Gasteiger partial charge on any atom is -0.372 e. The van der Waals surface area contributed by atoms with Crippen LogP contribution in [0.1, 0.15) is 18.1 Å². The summed E-state index contributed by atoms with van der Waals surface area (Å²) in [6.07, 6.45) is 3.31. The molecular formula is C17H18ClNO2S. The van der Waals surface area contributed by atoms with Crippen LogP contribution >= 0.6 is 22.9 Å². The summed E-state index contributed by atoms with van der Waals surface area (Å²) in [6, 6.07) is 9.41. The van der Waals surface area contributed by atoms with Crippen molar-refractivity contribution in [3.8, 4) is 0 Å². The van der Waals surface area contributed by atoms with Gasteiger partial charge in [0.25, 0.3) is 0 Å². The van der Waals surface area contributed by atoms with Crippen LogP contribution in [0.4, 0.5) is 0 Å². The molecule has 1 aromatic carbocycles. The van der Waals surface area contributed by atoms with Crippen molar-refractivity contribution in [2.24, 2.45) is 0 Å². The second-order valence-corrected chi connectivity index (χ2v) is 6.27. The fraction of sp³-hybridized carbons (Fsp3) is 0.235. The van der Waals surface area contributed by atoms with Crippen LogP contribution in [0.3, 0.4) is 0 Å². The lowest BCUT2D eigenvalue weighted by Crippen LogP contribution is -2.39. The normalized spacial score (nSPS) is 14.0. The second kappa shape index (κ2) is 7.58. The first-order valence-corrected chi connectivity index (χ1v) is 8.15. The predicted molar refractivity (Wildman–Crippen MR) is 92.2 cm³/mol. The molecule has 5 heteroatoms. The van der Waals surface area contributed by atoms with E-state index < -0.39 is 5.60 Å². The van der Waals surface area contributed by atoms with Crippen LogP contribution in [0.5, 0.6) is 0 Å². The lowest BCUT2D eigenvalue weighted by atomic mass is 9.95. The number of methoxy groups -OCH3 is 1. The topological polar surface area (TPSA) is 38.3 Å². The van der Waals surface area contributed by atoms with Gasteiger partial charge >= 0.3 is 0 Å². The monoisotopic (exact) mass is 335 g/mol. The minimum atomic E-state index is -0.628. The summed E-state index contributed by atoms with van der Waals surface area (Å²) in [7, 11) is 1.62. The molecule has 3 nitrogen and oxygen atoms in total. The van der Waals surface area contributed by atoms with Gasteiger partial charge in [0.2, 0.25) is 5.91 Å². The first-order chi connectivity index (χ1) is 10.5. The molecule has 2 rings (SSSR count). The lowest BCUT2D eigenvalue weighted by Gasteiger charge is -2.29. The molecule has 1 amide bonds. The Morgan fingerprint density at radius 2 is 2.27 bits per heavy atom. The first-order valence-electron chi connectivity index (χ1n) is 6.83. The molecule has 116 valence electrons. The zero-order valence-corrected chi connectivity index (χ0v) is 14.1. The summed E-state index contributed by atoms with van der Waals surface area (Å²) in [4.78, 5) is 11.9. The van der Waals surface area contributed by atoms with Gasteiger partial charge in [0.1, 0.15) is 5.60 Å². The highest BCUT2D eigenvalue weighted by Gasteiger charge is 2.26. The molecule has 1 aromatic heterocycles. The number of carbonyl (C=O) groups is 1. The van der Waals surface area contributed by atoms with Gasteiger partial charge < -0.3 is 10.1 Å². The molecule has 1 unspecified atom stereocenters.